The van der Waals surface area contributed by atoms with E-state index in [1.807, 2.05) is 22.9 Å². The second kappa shape index (κ2) is 5.37. The van der Waals surface area contributed by atoms with Crippen molar-refractivity contribution >= 4 is 28.5 Å². The van der Waals surface area contributed by atoms with Gasteiger partial charge in [0, 0.05) is 31.6 Å². The third-order valence-corrected chi connectivity index (χ3v) is 5.37. The monoisotopic (exact) mass is 278 g/mol. The van der Waals surface area contributed by atoms with Crippen LogP contribution in [0.5, 0.6) is 0 Å². The van der Waals surface area contributed by atoms with Crippen LogP contribution >= 0.6 is 22.7 Å². The van der Waals surface area contributed by atoms with E-state index in [1.165, 1.54) is 9.75 Å². The van der Waals surface area contributed by atoms with E-state index in [0.717, 1.165) is 11.1 Å². The first-order valence-electron chi connectivity index (χ1n) is 6.20. The summed E-state index contributed by atoms with van der Waals surface area (Å²) in [6.45, 7) is 8.62. The van der Waals surface area contributed by atoms with Gasteiger partial charge in [-0.1, -0.05) is 27.7 Å². The Bertz CT molecular complexity index is 498. The molecule has 0 saturated carbocycles. The van der Waals surface area contributed by atoms with E-state index >= 15 is 0 Å². The summed E-state index contributed by atoms with van der Waals surface area (Å²) in [4.78, 5) is 14.9. The van der Waals surface area contributed by atoms with Gasteiger partial charge in [-0.3, -0.25) is 4.79 Å². The lowest BCUT2D eigenvalue weighted by Gasteiger charge is -1.98. The van der Waals surface area contributed by atoms with E-state index in [-0.39, 0.29) is 5.78 Å². The second-order valence-corrected chi connectivity index (χ2v) is 7.00. The SMILES string of the molecule is CC(C)c1cc(C(=O)c2csc(C(C)C)c2)cs1. The van der Waals surface area contributed by atoms with Crippen LogP contribution in [-0.4, -0.2) is 5.78 Å². The minimum atomic E-state index is 0.154. The molecule has 0 aromatic carbocycles. The fraction of sp³-hybridized carbons (Fsp3) is 0.400. The van der Waals surface area contributed by atoms with Gasteiger partial charge >= 0.3 is 0 Å². The van der Waals surface area contributed by atoms with Crippen LogP contribution in [0.2, 0.25) is 0 Å². The van der Waals surface area contributed by atoms with Gasteiger partial charge in [0.25, 0.3) is 0 Å². The van der Waals surface area contributed by atoms with Crippen LogP contribution in [0, 0.1) is 0 Å². The maximum atomic E-state index is 12.3. The summed E-state index contributed by atoms with van der Waals surface area (Å²) in [5.74, 6) is 1.14. The van der Waals surface area contributed by atoms with Crippen LogP contribution < -0.4 is 0 Å². The molecule has 2 heterocycles. The third kappa shape index (κ3) is 2.73. The highest BCUT2D eigenvalue weighted by Gasteiger charge is 2.15. The summed E-state index contributed by atoms with van der Waals surface area (Å²) < 4.78 is 0. The molecule has 0 atom stereocenters. The molecule has 0 spiro atoms. The number of thiophene rings is 2. The zero-order chi connectivity index (χ0) is 13.3. The van der Waals surface area contributed by atoms with E-state index < -0.39 is 0 Å². The quantitative estimate of drug-likeness (QED) is 0.695. The standard InChI is InChI=1S/C15H18OS2/c1-9(2)13-5-11(7-17-13)15(16)12-6-14(10(3)4)18-8-12/h5-10H,1-4H3. The summed E-state index contributed by atoms with van der Waals surface area (Å²) in [6.07, 6.45) is 0. The molecule has 0 N–H and O–H groups in total. The summed E-state index contributed by atoms with van der Waals surface area (Å²) in [5, 5.41) is 3.95. The number of ketones is 1. The summed E-state index contributed by atoms with van der Waals surface area (Å²) in [7, 11) is 0. The molecule has 18 heavy (non-hydrogen) atoms. The molecule has 0 aliphatic rings. The first-order valence-corrected chi connectivity index (χ1v) is 7.96. The summed E-state index contributed by atoms with van der Waals surface area (Å²) in [5.41, 5.74) is 1.66. The fourth-order valence-corrected chi connectivity index (χ4v) is 3.53. The Morgan fingerprint density at radius 1 is 0.889 bits per heavy atom. The van der Waals surface area contributed by atoms with Crippen molar-refractivity contribution in [1.29, 1.82) is 0 Å². The van der Waals surface area contributed by atoms with Gasteiger partial charge in [0.15, 0.2) is 5.78 Å². The molecule has 0 unspecified atom stereocenters. The van der Waals surface area contributed by atoms with Crippen molar-refractivity contribution in [3.63, 3.8) is 0 Å². The molecule has 1 nitrogen and oxygen atoms in total. The smallest absolute Gasteiger partial charge is 0.194 e. The van der Waals surface area contributed by atoms with E-state index in [9.17, 15) is 4.79 Å². The highest BCUT2D eigenvalue weighted by atomic mass is 32.1. The largest absolute Gasteiger partial charge is 0.289 e. The van der Waals surface area contributed by atoms with E-state index in [2.05, 4.69) is 27.7 Å². The van der Waals surface area contributed by atoms with Crippen LogP contribution in [0.4, 0.5) is 0 Å². The molecule has 0 aliphatic heterocycles. The normalized spacial score (nSPS) is 11.4. The molecular formula is C15H18OS2. The Morgan fingerprint density at radius 2 is 1.28 bits per heavy atom. The van der Waals surface area contributed by atoms with Crippen molar-refractivity contribution in [2.24, 2.45) is 0 Å². The Morgan fingerprint density at radius 3 is 1.56 bits per heavy atom. The highest BCUT2D eigenvalue weighted by Crippen LogP contribution is 2.28. The van der Waals surface area contributed by atoms with Gasteiger partial charge < -0.3 is 0 Å². The molecule has 2 rings (SSSR count). The van der Waals surface area contributed by atoms with Crippen molar-refractivity contribution in [2.75, 3.05) is 0 Å². The van der Waals surface area contributed by atoms with Crippen LogP contribution in [0.15, 0.2) is 22.9 Å². The van der Waals surface area contributed by atoms with Crippen molar-refractivity contribution in [3.05, 3.63) is 43.8 Å². The van der Waals surface area contributed by atoms with Gasteiger partial charge in [-0.15, -0.1) is 22.7 Å². The van der Waals surface area contributed by atoms with Gasteiger partial charge in [0.05, 0.1) is 0 Å². The second-order valence-electron chi connectivity index (χ2n) is 5.11. The van der Waals surface area contributed by atoms with E-state index in [4.69, 9.17) is 0 Å². The highest BCUT2D eigenvalue weighted by molar-refractivity contribution is 7.11. The molecule has 0 saturated heterocycles. The van der Waals surface area contributed by atoms with Gasteiger partial charge in [0.2, 0.25) is 0 Å². The lowest BCUT2D eigenvalue weighted by atomic mass is 10.1. The number of carbonyl (C=O) groups is 1. The molecule has 2 aromatic heterocycles. The Balaban J connectivity index is 2.24. The van der Waals surface area contributed by atoms with Gasteiger partial charge in [-0.2, -0.15) is 0 Å². The molecule has 96 valence electrons. The van der Waals surface area contributed by atoms with Crippen LogP contribution in [0.1, 0.15) is 65.2 Å². The minimum Gasteiger partial charge on any atom is -0.289 e. The topological polar surface area (TPSA) is 17.1 Å². The van der Waals surface area contributed by atoms with Gasteiger partial charge in [0.1, 0.15) is 0 Å². The molecular weight excluding hydrogens is 260 g/mol. The molecule has 0 bridgehead atoms. The lowest BCUT2D eigenvalue weighted by molar-refractivity contribution is 0.103. The van der Waals surface area contributed by atoms with Crippen molar-refractivity contribution in [3.8, 4) is 0 Å². The Labute approximate surface area is 116 Å². The van der Waals surface area contributed by atoms with E-state index in [1.54, 1.807) is 22.7 Å². The Hall–Kier alpha value is -0.930. The number of hydrogen-bond donors (Lipinski definition) is 0. The minimum absolute atomic E-state index is 0.154. The molecule has 0 fully saturated rings. The van der Waals surface area contributed by atoms with Gasteiger partial charge in [-0.05, 0) is 24.0 Å². The fourth-order valence-electron chi connectivity index (χ4n) is 1.72. The predicted molar refractivity (Wildman–Crippen MR) is 80.2 cm³/mol. The van der Waals surface area contributed by atoms with Crippen molar-refractivity contribution in [2.45, 2.75) is 39.5 Å². The number of hydrogen-bond acceptors (Lipinski definition) is 3. The first kappa shape index (κ1) is 13.5. The van der Waals surface area contributed by atoms with E-state index in [0.29, 0.717) is 11.8 Å². The average molecular weight is 278 g/mol. The number of carbonyl (C=O) groups excluding carboxylic acids is 1. The zero-order valence-corrected chi connectivity index (χ0v) is 12.8. The number of rotatable bonds is 4. The van der Waals surface area contributed by atoms with Crippen molar-refractivity contribution < 1.29 is 4.79 Å². The zero-order valence-electron chi connectivity index (χ0n) is 11.2. The molecule has 0 aliphatic carbocycles. The van der Waals surface area contributed by atoms with Crippen molar-refractivity contribution in [1.82, 2.24) is 0 Å². The van der Waals surface area contributed by atoms with Crippen LogP contribution in [0.25, 0.3) is 0 Å². The lowest BCUT2D eigenvalue weighted by Crippen LogP contribution is -1.97. The summed E-state index contributed by atoms with van der Waals surface area (Å²) >= 11 is 3.35. The first-order chi connectivity index (χ1) is 8.49. The molecule has 0 amide bonds. The van der Waals surface area contributed by atoms with Gasteiger partial charge in [-0.25, -0.2) is 0 Å². The predicted octanol–water partition coefficient (Wildman–Crippen LogP) is 5.29. The molecule has 3 heteroatoms. The summed E-state index contributed by atoms with van der Waals surface area (Å²) in [6, 6.07) is 4.06. The maximum absolute atomic E-state index is 12.3. The average Bonchev–Trinajstić information content (AvgIpc) is 2.97. The van der Waals surface area contributed by atoms with Crippen LogP contribution in [-0.2, 0) is 0 Å². The third-order valence-electron chi connectivity index (χ3n) is 2.90. The maximum Gasteiger partial charge on any atom is 0.194 e. The molecule has 0 radical (unpaired) electrons. The molecule has 2 aromatic rings. The van der Waals surface area contributed by atoms with Crippen LogP contribution in [0.3, 0.4) is 0 Å². The Kier molecular flexibility index (Phi) is 4.03.